The normalized spacial score (nSPS) is 14.1. The number of esters is 1. The third kappa shape index (κ3) is 6.89. The van der Waals surface area contributed by atoms with Gasteiger partial charge in [0.05, 0.1) is 17.9 Å². The number of ether oxygens (including phenoxy) is 1. The van der Waals surface area contributed by atoms with E-state index in [2.05, 4.69) is 23.5 Å². The molecule has 1 unspecified atom stereocenters. The highest BCUT2D eigenvalue weighted by Crippen LogP contribution is 2.31. The summed E-state index contributed by atoms with van der Waals surface area (Å²) in [7, 11) is 0. The largest absolute Gasteiger partial charge is 0.460 e. The summed E-state index contributed by atoms with van der Waals surface area (Å²) in [6.45, 7) is 8.79. The van der Waals surface area contributed by atoms with Crippen molar-refractivity contribution in [1.82, 2.24) is 5.32 Å². The highest BCUT2D eigenvalue weighted by Gasteiger charge is 2.35. The van der Waals surface area contributed by atoms with Crippen LogP contribution in [0.15, 0.2) is 60.7 Å². The molecule has 0 aromatic heterocycles. The Bertz CT molecular complexity index is 1080. The van der Waals surface area contributed by atoms with Crippen molar-refractivity contribution in [2.75, 3.05) is 0 Å². The number of ketones is 1. The van der Waals surface area contributed by atoms with Gasteiger partial charge in [0, 0.05) is 12.8 Å². The van der Waals surface area contributed by atoms with Crippen LogP contribution in [-0.2, 0) is 32.0 Å². The Kier molecular flexibility index (Phi) is 7.75. The molecular formula is C29H35NO4. The van der Waals surface area contributed by atoms with Gasteiger partial charge in [-0.1, -0.05) is 74.5 Å². The van der Waals surface area contributed by atoms with E-state index in [-0.39, 0.29) is 24.5 Å². The molecule has 5 heteroatoms. The molecular weight excluding hydrogens is 426 g/mol. The summed E-state index contributed by atoms with van der Waals surface area (Å²) in [5, 5.41) is 2.97. The first kappa shape index (κ1) is 25.4. The summed E-state index contributed by atoms with van der Waals surface area (Å²) in [4.78, 5) is 39.0. The van der Waals surface area contributed by atoms with Gasteiger partial charge in [-0.2, -0.15) is 0 Å². The molecule has 0 heterocycles. The van der Waals surface area contributed by atoms with Crippen LogP contribution in [-0.4, -0.2) is 29.3 Å². The molecule has 180 valence electrons. The van der Waals surface area contributed by atoms with Crippen LogP contribution < -0.4 is 5.32 Å². The van der Waals surface area contributed by atoms with Crippen molar-refractivity contribution in [2.24, 2.45) is 5.41 Å². The minimum Gasteiger partial charge on any atom is -0.460 e. The third-order valence-corrected chi connectivity index (χ3v) is 5.89. The Morgan fingerprint density at radius 1 is 0.941 bits per heavy atom. The Hall–Kier alpha value is -3.21. The number of hydrogen-bond donors (Lipinski definition) is 1. The Labute approximate surface area is 202 Å². The van der Waals surface area contributed by atoms with E-state index in [4.69, 9.17) is 4.74 Å². The van der Waals surface area contributed by atoms with Crippen molar-refractivity contribution in [2.45, 2.75) is 71.9 Å². The van der Waals surface area contributed by atoms with Crippen LogP contribution in [0.25, 0.3) is 5.57 Å². The molecule has 1 amide bonds. The number of allylic oxidation sites excluding steroid dienone is 1. The summed E-state index contributed by atoms with van der Waals surface area (Å²) < 4.78 is 5.41. The molecule has 2 aromatic rings. The van der Waals surface area contributed by atoms with E-state index in [1.165, 1.54) is 5.56 Å². The molecule has 1 N–H and O–H groups in total. The molecule has 0 bridgehead atoms. The second-order valence-corrected chi connectivity index (χ2v) is 10.6. The molecule has 0 saturated carbocycles. The molecule has 0 radical (unpaired) electrons. The zero-order valence-electron chi connectivity index (χ0n) is 20.8. The van der Waals surface area contributed by atoms with Gasteiger partial charge >= 0.3 is 5.97 Å². The lowest BCUT2D eigenvalue weighted by molar-refractivity contribution is -0.159. The van der Waals surface area contributed by atoms with Gasteiger partial charge in [0.15, 0.2) is 5.78 Å². The van der Waals surface area contributed by atoms with E-state index >= 15 is 0 Å². The highest BCUT2D eigenvalue weighted by molar-refractivity contribution is 5.94. The van der Waals surface area contributed by atoms with Gasteiger partial charge in [0.1, 0.15) is 5.60 Å². The summed E-state index contributed by atoms with van der Waals surface area (Å²) in [6.07, 6.45) is 3.53. The van der Waals surface area contributed by atoms with Crippen molar-refractivity contribution >= 4 is 23.2 Å². The van der Waals surface area contributed by atoms with E-state index in [0.29, 0.717) is 6.42 Å². The number of benzene rings is 2. The Morgan fingerprint density at radius 2 is 1.59 bits per heavy atom. The van der Waals surface area contributed by atoms with Crippen molar-refractivity contribution in [1.29, 1.82) is 0 Å². The average Bonchev–Trinajstić information content (AvgIpc) is 3.15. The van der Waals surface area contributed by atoms with Crippen LogP contribution in [0.3, 0.4) is 0 Å². The van der Waals surface area contributed by atoms with Gasteiger partial charge in [-0.05, 0) is 49.5 Å². The highest BCUT2D eigenvalue weighted by atomic mass is 16.6. The van der Waals surface area contributed by atoms with Gasteiger partial charge in [-0.25, -0.2) is 0 Å². The second-order valence-electron chi connectivity index (χ2n) is 10.6. The second kappa shape index (κ2) is 10.4. The fourth-order valence-electron chi connectivity index (χ4n) is 4.11. The number of rotatable bonds is 9. The first-order chi connectivity index (χ1) is 15.9. The standard InChI is InChI=1S/C29H35NO4/c1-28(2,3)34-26(32)19-29(4,5)27(33)30-24(25(31)17-20-11-7-6-8-12-20)18-22-16-15-21-13-9-10-14-23(21)22/h6-14,16,24H,15,17-19H2,1-5H3,(H,30,33). The van der Waals surface area contributed by atoms with Crippen molar-refractivity contribution in [3.8, 4) is 0 Å². The maximum Gasteiger partial charge on any atom is 0.307 e. The third-order valence-electron chi connectivity index (χ3n) is 5.89. The first-order valence-electron chi connectivity index (χ1n) is 11.8. The Balaban J connectivity index is 1.77. The number of fused-ring (bicyclic) bond motifs is 1. The van der Waals surface area contributed by atoms with E-state index in [1.807, 2.05) is 42.5 Å². The van der Waals surface area contributed by atoms with Crippen LogP contribution in [0.5, 0.6) is 0 Å². The lowest BCUT2D eigenvalue weighted by Gasteiger charge is -2.28. The van der Waals surface area contributed by atoms with Crippen LogP contribution >= 0.6 is 0 Å². The number of nitrogens with one attached hydrogen (secondary N) is 1. The predicted molar refractivity (Wildman–Crippen MR) is 134 cm³/mol. The number of Topliss-reactive ketones (excluding diaryl/α,β-unsaturated/α-hetero) is 1. The maximum atomic E-state index is 13.4. The molecule has 3 rings (SSSR count). The number of amides is 1. The average molecular weight is 462 g/mol. The molecule has 1 atom stereocenters. The van der Waals surface area contributed by atoms with E-state index in [1.54, 1.807) is 34.6 Å². The number of carbonyl (C=O) groups is 3. The zero-order chi connectivity index (χ0) is 24.9. The predicted octanol–water partition coefficient (Wildman–Crippen LogP) is 5.07. The zero-order valence-corrected chi connectivity index (χ0v) is 20.8. The molecule has 0 saturated heterocycles. The molecule has 1 aliphatic carbocycles. The molecule has 0 aliphatic heterocycles. The molecule has 5 nitrogen and oxygen atoms in total. The maximum absolute atomic E-state index is 13.4. The van der Waals surface area contributed by atoms with Crippen LogP contribution in [0.4, 0.5) is 0 Å². The summed E-state index contributed by atoms with van der Waals surface area (Å²) in [5.41, 5.74) is 2.67. The topological polar surface area (TPSA) is 72.5 Å². The van der Waals surface area contributed by atoms with Gasteiger partial charge < -0.3 is 10.1 Å². The van der Waals surface area contributed by atoms with Crippen molar-refractivity contribution < 1.29 is 19.1 Å². The van der Waals surface area contributed by atoms with E-state index < -0.39 is 23.0 Å². The quantitative estimate of drug-likeness (QED) is 0.529. The number of hydrogen-bond acceptors (Lipinski definition) is 4. The SMILES string of the molecule is CC(C)(C)OC(=O)CC(C)(C)C(=O)NC(CC1=CCc2ccccc21)C(=O)Cc1ccccc1. The lowest BCUT2D eigenvalue weighted by Crippen LogP contribution is -2.48. The fraction of sp³-hybridized carbons (Fsp3) is 0.414. The molecule has 0 spiro atoms. The minimum atomic E-state index is -1.02. The van der Waals surface area contributed by atoms with Crippen molar-refractivity contribution in [3.05, 3.63) is 77.4 Å². The minimum absolute atomic E-state index is 0.0575. The smallest absolute Gasteiger partial charge is 0.307 e. The van der Waals surface area contributed by atoms with Gasteiger partial charge in [0.25, 0.3) is 0 Å². The molecule has 34 heavy (non-hydrogen) atoms. The molecule has 2 aromatic carbocycles. The Morgan fingerprint density at radius 3 is 2.26 bits per heavy atom. The van der Waals surface area contributed by atoms with Crippen LogP contribution in [0.1, 0.15) is 64.2 Å². The summed E-state index contributed by atoms with van der Waals surface area (Å²) in [5.74, 6) is -0.832. The molecule has 0 fully saturated rings. The number of carbonyl (C=O) groups excluding carboxylic acids is 3. The van der Waals surface area contributed by atoms with E-state index in [0.717, 1.165) is 23.1 Å². The first-order valence-corrected chi connectivity index (χ1v) is 11.8. The van der Waals surface area contributed by atoms with Gasteiger partial charge in [0.2, 0.25) is 5.91 Å². The lowest BCUT2D eigenvalue weighted by atomic mass is 9.86. The monoisotopic (exact) mass is 461 g/mol. The van der Waals surface area contributed by atoms with Crippen LogP contribution in [0, 0.1) is 5.41 Å². The summed E-state index contributed by atoms with van der Waals surface area (Å²) >= 11 is 0. The van der Waals surface area contributed by atoms with Gasteiger partial charge in [-0.15, -0.1) is 0 Å². The van der Waals surface area contributed by atoms with Gasteiger partial charge in [-0.3, -0.25) is 14.4 Å². The van der Waals surface area contributed by atoms with E-state index in [9.17, 15) is 14.4 Å². The summed E-state index contributed by atoms with van der Waals surface area (Å²) in [6, 6.07) is 17.0. The van der Waals surface area contributed by atoms with Crippen LogP contribution in [0.2, 0.25) is 0 Å². The fourth-order valence-corrected chi connectivity index (χ4v) is 4.11. The van der Waals surface area contributed by atoms with Crippen molar-refractivity contribution in [3.63, 3.8) is 0 Å². The molecule has 1 aliphatic rings.